The number of benzene rings is 2. The fourth-order valence-corrected chi connectivity index (χ4v) is 2.36. The predicted octanol–water partition coefficient (Wildman–Crippen LogP) is 2.82. The first-order valence-corrected chi connectivity index (χ1v) is 7.44. The zero-order chi connectivity index (χ0) is 16.9. The topological polar surface area (TPSA) is 62.1 Å². The number of rotatable bonds is 5. The molecule has 122 valence electrons. The van der Waals surface area contributed by atoms with E-state index in [0.717, 1.165) is 28.2 Å². The van der Waals surface area contributed by atoms with Crippen molar-refractivity contribution >= 4 is 11.6 Å². The standard InChI is InChI=1S/C18H18N4O2/c1-22-18(19-20-21-22)12-17(13-4-8-15(23-2)9-5-13)14-6-10-16(24-3)11-7-14/h4-12H,1-3H3. The first-order chi connectivity index (χ1) is 11.7. The molecule has 1 heterocycles. The zero-order valence-corrected chi connectivity index (χ0v) is 13.8. The normalized spacial score (nSPS) is 10.3. The highest BCUT2D eigenvalue weighted by atomic mass is 16.5. The van der Waals surface area contributed by atoms with Crippen LogP contribution in [0, 0.1) is 0 Å². The number of aryl methyl sites for hydroxylation is 1. The van der Waals surface area contributed by atoms with Crippen LogP contribution in [-0.4, -0.2) is 34.4 Å². The van der Waals surface area contributed by atoms with Crippen molar-refractivity contribution < 1.29 is 9.47 Å². The van der Waals surface area contributed by atoms with Crippen molar-refractivity contribution in [3.8, 4) is 11.5 Å². The Morgan fingerprint density at radius 2 is 1.38 bits per heavy atom. The maximum atomic E-state index is 5.24. The third-order valence-electron chi connectivity index (χ3n) is 3.73. The molecule has 3 rings (SSSR count). The van der Waals surface area contributed by atoms with Gasteiger partial charge >= 0.3 is 0 Å². The summed E-state index contributed by atoms with van der Waals surface area (Å²) in [4.78, 5) is 0. The van der Waals surface area contributed by atoms with Crippen LogP contribution >= 0.6 is 0 Å². The second-order valence-electron chi connectivity index (χ2n) is 5.18. The van der Waals surface area contributed by atoms with Crippen molar-refractivity contribution in [2.45, 2.75) is 0 Å². The molecular formula is C18H18N4O2. The van der Waals surface area contributed by atoms with E-state index in [1.54, 1.807) is 18.9 Å². The Kier molecular flexibility index (Phi) is 4.56. The SMILES string of the molecule is COc1ccc(C(=Cc2nnnn2C)c2ccc(OC)cc2)cc1. The summed E-state index contributed by atoms with van der Waals surface area (Å²) in [6.07, 6.45) is 1.96. The number of nitrogens with zero attached hydrogens (tertiary/aromatic N) is 4. The minimum absolute atomic E-state index is 0.677. The molecule has 0 amide bonds. The van der Waals surface area contributed by atoms with Gasteiger partial charge in [-0.15, -0.1) is 5.10 Å². The lowest BCUT2D eigenvalue weighted by atomic mass is 9.97. The summed E-state index contributed by atoms with van der Waals surface area (Å²) in [5, 5.41) is 11.6. The average molecular weight is 322 g/mol. The molecule has 0 radical (unpaired) electrons. The van der Waals surface area contributed by atoms with Crippen LogP contribution in [0.3, 0.4) is 0 Å². The van der Waals surface area contributed by atoms with Crippen LogP contribution in [0.4, 0.5) is 0 Å². The van der Waals surface area contributed by atoms with Crippen molar-refractivity contribution in [3.63, 3.8) is 0 Å². The summed E-state index contributed by atoms with van der Waals surface area (Å²) in [6.45, 7) is 0. The van der Waals surface area contributed by atoms with Crippen molar-refractivity contribution in [1.82, 2.24) is 20.2 Å². The number of aromatic nitrogens is 4. The summed E-state index contributed by atoms with van der Waals surface area (Å²) >= 11 is 0. The van der Waals surface area contributed by atoms with Crippen molar-refractivity contribution in [2.24, 2.45) is 7.05 Å². The zero-order valence-electron chi connectivity index (χ0n) is 13.8. The maximum absolute atomic E-state index is 5.24. The molecule has 0 spiro atoms. The van der Waals surface area contributed by atoms with E-state index in [1.165, 1.54) is 0 Å². The fourth-order valence-electron chi connectivity index (χ4n) is 2.36. The van der Waals surface area contributed by atoms with Crippen LogP contribution in [0.5, 0.6) is 11.5 Å². The quantitative estimate of drug-likeness (QED) is 0.723. The van der Waals surface area contributed by atoms with Gasteiger partial charge in [-0.05, 0) is 57.5 Å². The molecule has 0 N–H and O–H groups in total. The van der Waals surface area contributed by atoms with Gasteiger partial charge in [0, 0.05) is 7.05 Å². The van der Waals surface area contributed by atoms with Gasteiger partial charge in [0.15, 0.2) is 5.82 Å². The molecule has 0 bridgehead atoms. The van der Waals surface area contributed by atoms with Gasteiger partial charge in [-0.25, -0.2) is 4.68 Å². The van der Waals surface area contributed by atoms with E-state index in [1.807, 2.05) is 61.7 Å². The molecule has 3 aromatic rings. The Morgan fingerprint density at radius 3 is 1.75 bits per heavy atom. The molecule has 0 saturated carbocycles. The monoisotopic (exact) mass is 322 g/mol. The highest BCUT2D eigenvalue weighted by molar-refractivity contribution is 5.90. The fraction of sp³-hybridized carbons (Fsp3) is 0.167. The van der Waals surface area contributed by atoms with E-state index < -0.39 is 0 Å². The molecule has 0 fully saturated rings. The Balaban J connectivity index is 2.08. The van der Waals surface area contributed by atoms with E-state index in [9.17, 15) is 0 Å². The number of ether oxygens (including phenoxy) is 2. The number of methoxy groups -OCH3 is 2. The molecule has 0 aliphatic carbocycles. The Labute approximate surface area is 140 Å². The van der Waals surface area contributed by atoms with E-state index in [-0.39, 0.29) is 0 Å². The third-order valence-corrected chi connectivity index (χ3v) is 3.73. The Bertz CT molecular complexity index is 787. The molecule has 6 nitrogen and oxygen atoms in total. The molecule has 6 heteroatoms. The van der Waals surface area contributed by atoms with Gasteiger partial charge in [-0.2, -0.15) is 0 Å². The third kappa shape index (κ3) is 3.27. The molecule has 0 aliphatic heterocycles. The summed E-state index contributed by atoms with van der Waals surface area (Å²) in [5.74, 6) is 2.30. The lowest BCUT2D eigenvalue weighted by molar-refractivity contribution is 0.414. The Hall–Kier alpha value is -3.15. The minimum Gasteiger partial charge on any atom is -0.497 e. The van der Waals surface area contributed by atoms with E-state index in [2.05, 4.69) is 15.5 Å². The average Bonchev–Trinajstić information content (AvgIpc) is 3.05. The van der Waals surface area contributed by atoms with Gasteiger partial charge in [0.2, 0.25) is 0 Å². The smallest absolute Gasteiger partial charge is 0.175 e. The summed E-state index contributed by atoms with van der Waals surface area (Å²) in [5.41, 5.74) is 3.10. The highest BCUT2D eigenvalue weighted by Gasteiger charge is 2.09. The molecule has 2 aromatic carbocycles. The van der Waals surface area contributed by atoms with Crippen LogP contribution in [0.25, 0.3) is 11.6 Å². The lowest BCUT2D eigenvalue weighted by Crippen LogP contribution is -1.96. The van der Waals surface area contributed by atoms with Crippen LogP contribution in [0.15, 0.2) is 48.5 Å². The van der Waals surface area contributed by atoms with Gasteiger partial charge in [0.1, 0.15) is 11.5 Å². The summed E-state index contributed by atoms with van der Waals surface area (Å²) < 4.78 is 12.1. The number of hydrogen-bond donors (Lipinski definition) is 0. The van der Waals surface area contributed by atoms with Crippen LogP contribution < -0.4 is 9.47 Å². The first kappa shape index (κ1) is 15.7. The second-order valence-corrected chi connectivity index (χ2v) is 5.18. The number of tetrazole rings is 1. The first-order valence-electron chi connectivity index (χ1n) is 7.44. The van der Waals surface area contributed by atoms with E-state index >= 15 is 0 Å². The summed E-state index contributed by atoms with van der Waals surface area (Å²) in [6, 6.07) is 15.8. The molecule has 0 saturated heterocycles. The second kappa shape index (κ2) is 6.95. The molecule has 0 aliphatic rings. The minimum atomic E-state index is 0.677. The van der Waals surface area contributed by atoms with Gasteiger partial charge in [0.25, 0.3) is 0 Å². The van der Waals surface area contributed by atoms with Crippen molar-refractivity contribution in [2.75, 3.05) is 14.2 Å². The predicted molar refractivity (Wildman–Crippen MR) is 91.8 cm³/mol. The van der Waals surface area contributed by atoms with Crippen molar-refractivity contribution in [1.29, 1.82) is 0 Å². The van der Waals surface area contributed by atoms with Gasteiger partial charge in [-0.1, -0.05) is 24.3 Å². The molecule has 0 unspecified atom stereocenters. The summed E-state index contributed by atoms with van der Waals surface area (Å²) in [7, 11) is 5.12. The van der Waals surface area contributed by atoms with Gasteiger partial charge in [0.05, 0.1) is 14.2 Å². The van der Waals surface area contributed by atoms with Crippen molar-refractivity contribution in [3.05, 3.63) is 65.5 Å². The van der Waals surface area contributed by atoms with Crippen LogP contribution in [0.2, 0.25) is 0 Å². The molecule has 0 atom stereocenters. The number of hydrogen-bond acceptors (Lipinski definition) is 5. The lowest BCUT2D eigenvalue weighted by Gasteiger charge is -2.10. The Morgan fingerprint density at radius 1 is 0.875 bits per heavy atom. The molecule has 1 aromatic heterocycles. The maximum Gasteiger partial charge on any atom is 0.175 e. The van der Waals surface area contributed by atoms with Crippen LogP contribution in [0.1, 0.15) is 17.0 Å². The largest absolute Gasteiger partial charge is 0.497 e. The molecule has 24 heavy (non-hydrogen) atoms. The highest BCUT2D eigenvalue weighted by Crippen LogP contribution is 2.28. The van der Waals surface area contributed by atoms with Gasteiger partial charge in [-0.3, -0.25) is 0 Å². The van der Waals surface area contributed by atoms with Crippen LogP contribution in [-0.2, 0) is 7.05 Å². The van der Waals surface area contributed by atoms with E-state index in [4.69, 9.17) is 9.47 Å². The van der Waals surface area contributed by atoms with E-state index in [0.29, 0.717) is 5.82 Å². The van der Waals surface area contributed by atoms with Gasteiger partial charge < -0.3 is 9.47 Å². The molecular weight excluding hydrogens is 304 g/mol.